The van der Waals surface area contributed by atoms with Crippen molar-refractivity contribution < 1.29 is 9.59 Å². The van der Waals surface area contributed by atoms with Crippen LogP contribution in [-0.4, -0.2) is 26.5 Å². The molecule has 0 radical (unpaired) electrons. The minimum Gasteiger partial charge on any atom is -0.300 e. The molecule has 0 bridgehead atoms. The first-order chi connectivity index (χ1) is 6.31. The van der Waals surface area contributed by atoms with Gasteiger partial charge in [-0.05, 0) is 0 Å². The van der Waals surface area contributed by atoms with Gasteiger partial charge in [-0.1, -0.05) is 82.7 Å². The van der Waals surface area contributed by atoms with E-state index in [-0.39, 0.29) is 0 Å². The minimum absolute atomic E-state index is 0.809. The van der Waals surface area contributed by atoms with Gasteiger partial charge in [-0.2, -0.15) is 0 Å². The summed E-state index contributed by atoms with van der Waals surface area (Å²) in [6.07, 6.45) is 0. The fourth-order valence-corrected chi connectivity index (χ4v) is 6.69. The summed E-state index contributed by atoms with van der Waals surface area (Å²) in [5.74, 6) is 0. The molecule has 0 N–H and O–H groups in total. The highest BCUT2D eigenvalue weighted by molar-refractivity contribution is 7.30. The van der Waals surface area contributed by atoms with E-state index in [1.165, 1.54) is 13.1 Å². The van der Waals surface area contributed by atoms with Crippen LogP contribution in [0.4, 0.5) is 0 Å². The quantitative estimate of drug-likeness (QED) is 0.562. The van der Waals surface area contributed by atoms with Crippen LogP contribution in [0.5, 0.6) is 0 Å². The lowest BCUT2D eigenvalue weighted by molar-refractivity contribution is -0.115. The Balaban J connectivity index is 5.18. The standard InChI is InChI=1S/C6H6Cl6O2Si/c1-15(2,3(13)5(7,8)9)4(14)6(10,11)12/h1-2H3. The molecular formula is C6H6Cl6O2Si. The van der Waals surface area contributed by atoms with Crippen molar-refractivity contribution in [3.05, 3.63) is 0 Å². The maximum atomic E-state index is 11.6. The van der Waals surface area contributed by atoms with Crippen molar-refractivity contribution in [3.63, 3.8) is 0 Å². The van der Waals surface area contributed by atoms with E-state index in [2.05, 4.69) is 0 Å². The average Bonchev–Trinajstić information content (AvgIpc) is 1.98. The van der Waals surface area contributed by atoms with Crippen LogP contribution in [-0.2, 0) is 9.59 Å². The number of carbonyl (C=O) groups is 2. The molecule has 15 heavy (non-hydrogen) atoms. The van der Waals surface area contributed by atoms with E-state index >= 15 is 0 Å². The fraction of sp³-hybridized carbons (Fsp3) is 0.667. The van der Waals surface area contributed by atoms with Crippen LogP contribution in [0.25, 0.3) is 0 Å². The van der Waals surface area contributed by atoms with Gasteiger partial charge in [-0.15, -0.1) is 0 Å². The smallest absolute Gasteiger partial charge is 0.244 e. The Kier molecular flexibility index (Phi) is 5.31. The predicted molar refractivity (Wildman–Crippen MR) is 68.1 cm³/mol. The van der Waals surface area contributed by atoms with E-state index in [1.807, 2.05) is 0 Å². The van der Waals surface area contributed by atoms with Gasteiger partial charge in [0, 0.05) is 0 Å². The normalized spacial score (nSPS) is 13.9. The number of alkyl halides is 6. The molecular weight excluding hydrogens is 345 g/mol. The second-order valence-electron chi connectivity index (χ2n) is 3.28. The predicted octanol–water partition coefficient (Wildman–Crippen LogP) is 3.65. The number of rotatable bonds is 2. The zero-order valence-corrected chi connectivity index (χ0v) is 13.1. The van der Waals surface area contributed by atoms with Crippen molar-refractivity contribution in [2.75, 3.05) is 0 Å². The Bertz CT molecular complexity index is 261. The highest BCUT2D eigenvalue weighted by Gasteiger charge is 2.54. The van der Waals surface area contributed by atoms with Gasteiger partial charge in [-0.25, -0.2) is 0 Å². The zero-order valence-electron chi connectivity index (χ0n) is 7.58. The molecule has 2 nitrogen and oxygen atoms in total. The maximum absolute atomic E-state index is 11.6. The molecule has 0 aromatic heterocycles. The molecule has 0 saturated heterocycles. The van der Waals surface area contributed by atoms with E-state index < -0.39 is 26.5 Å². The largest absolute Gasteiger partial charge is 0.300 e. The number of hydrogen-bond donors (Lipinski definition) is 0. The fourth-order valence-electron chi connectivity index (χ4n) is 0.812. The Labute approximate surface area is 118 Å². The van der Waals surface area contributed by atoms with Crippen LogP contribution in [0.15, 0.2) is 0 Å². The summed E-state index contributed by atoms with van der Waals surface area (Å²) in [6.45, 7) is 2.73. The molecule has 0 amide bonds. The molecule has 9 heteroatoms. The summed E-state index contributed by atoms with van der Waals surface area (Å²) in [5.41, 5.74) is 0. The van der Waals surface area contributed by atoms with Gasteiger partial charge in [0.1, 0.15) is 0 Å². The number of halogens is 6. The Morgan fingerprint density at radius 3 is 1.13 bits per heavy atom. The van der Waals surface area contributed by atoms with Crippen molar-refractivity contribution in [2.45, 2.75) is 20.7 Å². The summed E-state index contributed by atoms with van der Waals surface area (Å²) in [4.78, 5) is 23.3. The van der Waals surface area contributed by atoms with Gasteiger partial charge in [0.25, 0.3) is 0 Å². The van der Waals surface area contributed by atoms with Crippen LogP contribution in [0.3, 0.4) is 0 Å². The molecule has 0 aromatic rings. The van der Waals surface area contributed by atoms with Crippen molar-refractivity contribution in [1.29, 1.82) is 0 Å². The molecule has 0 heterocycles. The molecule has 0 atom stereocenters. The lowest BCUT2D eigenvalue weighted by Gasteiger charge is -2.25. The third-order valence-corrected chi connectivity index (χ3v) is 6.65. The van der Waals surface area contributed by atoms with Crippen molar-refractivity contribution in [1.82, 2.24) is 0 Å². The van der Waals surface area contributed by atoms with E-state index in [0.29, 0.717) is 0 Å². The van der Waals surface area contributed by atoms with Gasteiger partial charge in [0.15, 0.2) is 10.8 Å². The van der Waals surface area contributed by atoms with E-state index in [1.54, 1.807) is 0 Å². The van der Waals surface area contributed by atoms with E-state index in [0.717, 1.165) is 0 Å². The Hall–Kier alpha value is 1.30. The third kappa shape index (κ3) is 4.23. The second kappa shape index (κ2) is 4.89. The molecule has 0 aliphatic rings. The molecule has 0 spiro atoms. The summed E-state index contributed by atoms with van der Waals surface area (Å²) in [7, 11) is -3.25. The van der Waals surface area contributed by atoms with Gasteiger partial charge in [0.2, 0.25) is 15.7 Å². The molecule has 0 rings (SSSR count). The third-order valence-electron chi connectivity index (χ3n) is 1.65. The van der Waals surface area contributed by atoms with Crippen LogP contribution < -0.4 is 0 Å². The van der Waals surface area contributed by atoms with Crippen molar-refractivity contribution in [3.8, 4) is 0 Å². The van der Waals surface area contributed by atoms with Crippen molar-refractivity contribution in [2.24, 2.45) is 0 Å². The second-order valence-corrected chi connectivity index (χ2v) is 12.0. The van der Waals surface area contributed by atoms with E-state index in [4.69, 9.17) is 69.6 Å². The lowest BCUT2D eigenvalue weighted by Crippen LogP contribution is -2.56. The summed E-state index contributed by atoms with van der Waals surface area (Å²) in [6, 6.07) is 0. The first-order valence-electron chi connectivity index (χ1n) is 3.54. The van der Waals surface area contributed by atoms with Gasteiger partial charge in [-0.3, -0.25) is 0 Å². The maximum Gasteiger partial charge on any atom is 0.244 e. The van der Waals surface area contributed by atoms with Gasteiger partial charge >= 0.3 is 0 Å². The SMILES string of the molecule is C[Si](C)(C(=O)C(Cl)(Cl)Cl)C(=O)C(Cl)(Cl)Cl. The highest BCUT2D eigenvalue weighted by Crippen LogP contribution is 2.36. The molecule has 0 unspecified atom stereocenters. The first-order valence-corrected chi connectivity index (χ1v) is 8.81. The first kappa shape index (κ1) is 16.3. The van der Waals surface area contributed by atoms with Crippen molar-refractivity contribution >= 4 is 88.5 Å². The van der Waals surface area contributed by atoms with Crippen LogP contribution in [0, 0.1) is 0 Å². The monoisotopic (exact) mass is 348 g/mol. The van der Waals surface area contributed by atoms with Gasteiger partial charge in [0.05, 0.1) is 0 Å². The average molecular weight is 351 g/mol. The molecule has 0 fully saturated rings. The molecule has 0 aliphatic carbocycles. The lowest BCUT2D eigenvalue weighted by atomic mass is 10.8. The number of hydrogen-bond acceptors (Lipinski definition) is 2. The summed E-state index contributed by atoms with van der Waals surface area (Å²) < 4.78 is -4.33. The summed E-state index contributed by atoms with van der Waals surface area (Å²) in [5, 5.41) is -1.62. The molecule has 0 saturated carbocycles. The molecule has 88 valence electrons. The topological polar surface area (TPSA) is 34.1 Å². The van der Waals surface area contributed by atoms with Crippen LogP contribution in [0.1, 0.15) is 0 Å². The molecule has 0 aliphatic heterocycles. The number of carbonyl (C=O) groups excluding carboxylic acids is 2. The van der Waals surface area contributed by atoms with Gasteiger partial charge < -0.3 is 9.59 Å². The summed E-state index contributed by atoms with van der Waals surface area (Å²) >= 11 is 32.4. The Morgan fingerprint density at radius 1 is 0.800 bits per heavy atom. The minimum atomic E-state index is -3.25. The highest BCUT2D eigenvalue weighted by atomic mass is 35.6. The zero-order chi connectivity index (χ0) is 12.7. The van der Waals surface area contributed by atoms with Crippen LogP contribution >= 0.6 is 69.6 Å². The Morgan fingerprint density at radius 2 is 1.00 bits per heavy atom. The molecule has 0 aromatic carbocycles. The van der Waals surface area contributed by atoms with E-state index in [9.17, 15) is 9.59 Å². The van der Waals surface area contributed by atoms with Crippen LogP contribution in [0.2, 0.25) is 13.1 Å².